The van der Waals surface area contributed by atoms with Gasteiger partial charge in [0.2, 0.25) is 0 Å². The number of hydrogen-bond acceptors (Lipinski definition) is 10. The molecule has 0 fully saturated rings. The highest BCUT2D eigenvalue weighted by Crippen LogP contribution is 2.43. The molecule has 0 spiro atoms. The fourth-order valence-electron chi connectivity index (χ4n) is 11.6. The van der Waals surface area contributed by atoms with Crippen LogP contribution in [0.3, 0.4) is 0 Å². The Bertz CT molecular complexity index is 4480. The van der Waals surface area contributed by atoms with Gasteiger partial charge in [-0.25, -0.2) is 29.1 Å². The molecule has 96 heavy (non-hydrogen) atoms. The predicted octanol–water partition coefficient (Wildman–Crippen LogP) is 15.4. The monoisotopic (exact) mass is 1270 g/mol. The molecule has 0 aliphatic carbocycles. The Hall–Kier alpha value is -13.4. The number of hydrogen-bond donors (Lipinski definition) is 14. The lowest BCUT2D eigenvalue weighted by Crippen LogP contribution is -2.28. The molecular formula is C76H62N12O8. The van der Waals surface area contributed by atoms with Crippen LogP contribution in [-0.4, -0.2) is 64.5 Å². The van der Waals surface area contributed by atoms with E-state index in [0.29, 0.717) is 134 Å². The van der Waals surface area contributed by atoms with Gasteiger partial charge >= 0.3 is 24.1 Å². The van der Waals surface area contributed by atoms with Gasteiger partial charge in [-0.1, -0.05) is 146 Å². The highest BCUT2D eigenvalue weighted by atomic mass is 16.3. The fraction of sp³-hybridized carbons (Fsp3) is 0.0526. The molecule has 0 atom stereocenters. The molecule has 8 bridgehead atoms. The number of para-hydroxylation sites is 8. The molecule has 14 N–H and O–H groups in total. The number of anilines is 4. The molecule has 2 aliphatic heterocycles. The number of carbonyl (C=O) groups excluding carboxylic acids is 4. The van der Waals surface area contributed by atoms with Crippen LogP contribution in [0.1, 0.15) is 45.0 Å². The Kier molecular flexibility index (Phi) is 17.7. The maximum absolute atomic E-state index is 14.0. The molecule has 474 valence electrons. The zero-order valence-corrected chi connectivity index (χ0v) is 51.2. The summed E-state index contributed by atoms with van der Waals surface area (Å²) in [4.78, 5) is 74.5. The van der Waals surface area contributed by atoms with Crippen LogP contribution in [0.5, 0.6) is 23.0 Å². The van der Waals surface area contributed by atoms with Crippen LogP contribution >= 0.6 is 0 Å². The first-order chi connectivity index (χ1) is 46.9. The second-order valence-corrected chi connectivity index (χ2v) is 22.4. The van der Waals surface area contributed by atoms with Gasteiger partial charge in [-0.3, -0.25) is 0 Å². The van der Waals surface area contributed by atoms with E-state index in [2.05, 4.69) is 52.5 Å². The molecule has 0 saturated carbocycles. The molecule has 20 nitrogen and oxygen atoms in total. The third-order valence-electron chi connectivity index (χ3n) is 16.3. The van der Waals surface area contributed by atoms with Crippen molar-refractivity contribution < 1.29 is 39.6 Å². The van der Waals surface area contributed by atoms with E-state index in [9.17, 15) is 39.6 Å². The number of urea groups is 4. The summed E-state index contributed by atoms with van der Waals surface area (Å²) in [6.07, 6.45) is 7.51. The number of aromatic hydroxyl groups is 4. The molecule has 20 heteroatoms. The first-order valence-corrected chi connectivity index (χ1v) is 30.7. The summed E-state index contributed by atoms with van der Waals surface area (Å²) >= 11 is 0. The van der Waals surface area contributed by atoms with Crippen LogP contribution in [0.2, 0.25) is 0 Å². The Labute approximate surface area is 549 Å². The number of aromatic nitrogens is 4. The number of carbonyl (C=O) groups is 4. The van der Waals surface area contributed by atoms with Gasteiger partial charge in [0, 0.05) is 115 Å². The standard InChI is InChI=1S/C76H62N12O8/c89-65-29-13-1-17-45(65)41-77-73(93)85-53-25-9-5-21-49(53)69-57-33-35-59(81-57)70(50-22-6-10-26-54(50)86-74(94)78-42-46-18-2-14-30-66(46)90)61-37-39-63(83-61)72(52-24-8-12-28-56(52)88-76(96)80-44-48-20-4-16-32-68(48)92)64-40-38-62(84-64)71(60-36-34-58(69)82-60)51-23-7-11-27-55(51)87-75(95)79-43-47-19-3-15-31-67(47)91/h1-40,81,84,89-92H,41-44H2,(H2,77,85,93)(H2,78,86,94)(H2,79,87,95)(H2,80,88,96). The molecule has 5 heterocycles. The third-order valence-corrected chi connectivity index (χ3v) is 16.3. The van der Waals surface area contributed by atoms with Crippen LogP contribution in [-0.2, 0) is 26.2 Å². The summed E-state index contributed by atoms with van der Waals surface area (Å²) in [6, 6.07) is 61.7. The number of phenolic OH excluding ortho intramolecular Hbond substituents is 4. The van der Waals surface area contributed by atoms with Crippen LogP contribution in [0.25, 0.3) is 90.9 Å². The lowest BCUT2D eigenvalue weighted by Gasteiger charge is -2.15. The van der Waals surface area contributed by atoms with Gasteiger partial charge < -0.3 is 72.9 Å². The minimum Gasteiger partial charge on any atom is -0.508 e. The number of nitrogens with zero attached hydrogens (tertiary/aromatic N) is 2. The van der Waals surface area contributed by atoms with Gasteiger partial charge in [0.25, 0.3) is 0 Å². The van der Waals surface area contributed by atoms with E-state index in [1.165, 1.54) is 0 Å². The van der Waals surface area contributed by atoms with E-state index < -0.39 is 24.1 Å². The zero-order chi connectivity index (χ0) is 66.1. The molecule has 3 aromatic heterocycles. The molecule has 0 radical (unpaired) electrons. The average Bonchev–Trinajstić information content (AvgIpc) is 1.54. The Morgan fingerprint density at radius 2 is 0.490 bits per heavy atom. The van der Waals surface area contributed by atoms with Crippen LogP contribution in [0.15, 0.2) is 218 Å². The minimum atomic E-state index is -0.542. The number of nitrogens with one attached hydrogen (secondary N) is 10. The van der Waals surface area contributed by atoms with Gasteiger partial charge in [0.1, 0.15) is 23.0 Å². The minimum absolute atomic E-state index is 0.0329. The Morgan fingerprint density at radius 1 is 0.281 bits per heavy atom. The molecule has 2 aliphatic rings. The first kappa shape index (κ1) is 61.5. The van der Waals surface area contributed by atoms with Crippen molar-refractivity contribution in [2.45, 2.75) is 26.2 Å². The fourth-order valence-corrected chi connectivity index (χ4v) is 11.6. The second-order valence-electron chi connectivity index (χ2n) is 22.4. The summed E-state index contributed by atoms with van der Waals surface area (Å²) in [5.74, 6) is 0.146. The van der Waals surface area contributed by atoms with Gasteiger partial charge in [0.05, 0.1) is 45.5 Å². The van der Waals surface area contributed by atoms with E-state index in [1.54, 1.807) is 146 Å². The highest BCUT2D eigenvalue weighted by molar-refractivity contribution is 6.07. The van der Waals surface area contributed by atoms with Gasteiger partial charge in [0.15, 0.2) is 0 Å². The van der Waals surface area contributed by atoms with Crippen LogP contribution in [0, 0.1) is 0 Å². The summed E-state index contributed by atoms with van der Waals surface area (Å²) < 4.78 is 0. The van der Waals surface area contributed by atoms with E-state index in [0.717, 1.165) is 0 Å². The number of phenols is 4. The van der Waals surface area contributed by atoms with Crippen LogP contribution in [0.4, 0.5) is 41.9 Å². The summed E-state index contributed by atoms with van der Waals surface area (Å²) in [6.45, 7) is 0.131. The quantitative estimate of drug-likeness (QED) is 0.0434. The smallest absolute Gasteiger partial charge is 0.319 e. The zero-order valence-electron chi connectivity index (χ0n) is 51.2. The van der Waals surface area contributed by atoms with Crippen molar-refractivity contribution in [2.75, 3.05) is 21.3 Å². The van der Waals surface area contributed by atoms with Gasteiger partial charge in [-0.15, -0.1) is 0 Å². The van der Waals surface area contributed by atoms with Crippen molar-refractivity contribution in [3.63, 3.8) is 0 Å². The lowest BCUT2D eigenvalue weighted by atomic mass is 10.0. The number of benzene rings is 8. The first-order valence-electron chi connectivity index (χ1n) is 30.7. The molecule has 11 aromatic rings. The van der Waals surface area contributed by atoms with Crippen molar-refractivity contribution >= 4 is 93.2 Å². The maximum atomic E-state index is 14.0. The van der Waals surface area contributed by atoms with Crippen molar-refractivity contribution in [2.24, 2.45) is 0 Å². The molecular weight excluding hydrogens is 1210 g/mol. The van der Waals surface area contributed by atoms with Crippen molar-refractivity contribution in [1.82, 2.24) is 41.2 Å². The molecule has 8 aromatic carbocycles. The van der Waals surface area contributed by atoms with E-state index in [1.807, 2.05) is 97.1 Å². The number of aromatic amines is 2. The normalized spacial score (nSPS) is 11.3. The van der Waals surface area contributed by atoms with Crippen molar-refractivity contribution in [3.05, 3.63) is 263 Å². The third kappa shape index (κ3) is 13.5. The number of amides is 8. The average molecular weight is 1270 g/mol. The Balaban J connectivity index is 1.04. The molecule has 8 amide bonds. The Morgan fingerprint density at radius 3 is 0.719 bits per heavy atom. The molecule has 13 rings (SSSR count). The molecule has 0 saturated heterocycles. The van der Waals surface area contributed by atoms with E-state index >= 15 is 0 Å². The summed E-state index contributed by atoms with van der Waals surface area (Å²) in [5.41, 5.74) is 12.4. The summed E-state index contributed by atoms with van der Waals surface area (Å²) in [5, 5.41) is 66.0. The predicted molar refractivity (Wildman–Crippen MR) is 376 cm³/mol. The highest BCUT2D eigenvalue weighted by Gasteiger charge is 2.24. The maximum Gasteiger partial charge on any atom is 0.319 e. The van der Waals surface area contributed by atoms with E-state index in [-0.39, 0.29) is 49.2 Å². The lowest BCUT2D eigenvalue weighted by molar-refractivity contribution is 0.251. The topological polar surface area (TPSA) is 303 Å². The van der Waals surface area contributed by atoms with Crippen LogP contribution < -0.4 is 42.5 Å². The number of fused-ring (bicyclic) bond motifs is 8. The number of H-pyrrole nitrogens is 2. The summed E-state index contributed by atoms with van der Waals surface area (Å²) in [7, 11) is 0. The van der Waals surface area contributed by atoms with Gasteiger partial charge in [-0.2, -0.15) is 0 Å². The van der Waals surface area contributed by atoms with Crippen molar-refractivity contribution in [3.8, 4) is 67.5 Å². The van der Waals surface area contributed by atoms with Crippen molar-refractivity contribution in [1.29, 1.82) is 0 Å². The van der Waals surface area contributed by atoms with E-state index in [4.69, 9.17) is 9.97 Å². The molecule has 0 unspecified atom stereocenters. The second kappa shape index (κ2) is 27.6. The number of rotatable bonds is 16. The van der Waals surface area contributed by atoms with Gasteiger partial charge in [-0.05, 0) is 97.1 Å². The largest absolute Gasteiger partial charge is 0.508 e. The SMILES string of the molecule is O=C(NCc1ccccc1O)Nc1ccccc1-c1c2nc(c(-c3ccccc3NC(=O)NCc3ccccc3O)c3ccc([nH]3)c(-c3ccccc3NC(=O)NCc3ccccc3O)c3nc(c(-c4ccccc4NC(=O)NCc4ccccc4O)c4ccc1[nH]4)C=C3)C=C2.